The second-order valence-electron chi connectivity index (χ2n) is 2.19. The summed E-state index contributed by atoms with van der Waals surface area (Å²) in [5.74, 6) is -1.67. The zero-order valence-corrected chi connectivity index (χ0v) is 7.18. The van der Waals surface area contributed by atoms with E-state index in [1.54, 1.807) is 0 Å². The number of carboxylic acids is 1. The number of carbonyl (C=O) groups is 1. The molecule has 1 aliphatic heterocycles. The molecule has 1 N–H and O–H groups in total. The van der Waals surface area contributed by atoms with Crippen LogP contribution in [0.3, 0.4) is 0 Å². The highest BCUT2D eigenvalue weighted by molar-refractivity contribution is 6.68. The molecular weight excluding hydrogens is 208 g/mol. The summed E-state index contributed by atoms with van der Waals surface area (Å²) in [6, 6.07) is 0. The molecule has 0 aromatic carbocycles. The number of rotatable bonds is 1. The van der Waals surface area contributed by atoms with Gasteiger partial charge < -0.3 is 5.11 Å². The first-order chi connectivity index (χ1) is 5.47. The zero-order chi connectivity index (χ0) is 9.35. The molecule has 2 unspecified atom stereocenters. The zero-order valence-electron chi connectivity index (χ0n) is 5.67. The van der Waals surface area contributed by atoms with Crippen LogP contribution >= 0.6 is 23.2 Å². The van der Waals surface area contributed by atoms with Crippen molar-refractivity contribution >= 4 is 34.3 Å². The SMILES string of the molecule is O=C(O)C1(F)C=CC(Cl)=NC1Cl. The molecule has 0 fully saturated rings. The quantitative estimate of drug-likeness (QED) is 0.529. The van der Waals surface area contributed by atoms with Crippen LogP contribution in [0.4, 0.5) is 4.39 Å². The highest BCUT2D eigenvalue weighted by atomic mass is 35.5. The van der Waals surface area contributed by atoms with Gasteiger partial charge in [-0.05, 0) is 12.2 Å². The summed E-state index contributed by atoms with van der Waals surface area (Å²) in [6.07, 6.45) is 1.84. The lowest BCUT2D eigenvalue weighted by atomic mass is 10.0. The summed E-state index contributed by atoms with van der Waals surface area (Å²) in [6.45, 7) is 0. The minimum absolute atomic E-state index is 0.00970. The first-order valence-corrected chi connectivity index (χ1v) is 3.77. The van der Waals surface area contributed by atoms with E-state index in [1.165, 1.54) is 0 Å². The minimum atomic E-state index is -2.65. The van der Waals surface area contributed by atoms with Gasteiger partial charge in [0.2, 0.25) is 0 Å². The highest BCUT2D eigenvalue weighted by Crippen LogP contribution is 2.28. The molecular formula is C6H4Cl2FNO2. The molecule has 0 bridgehead atoms. The van der Waals surface area contributed by atoms with Gasteiger partial charge in [-0.2, -0.15) is 0 Å². The number of halogens is 3. The number of nitrogens with zero attached hydrogens (tertiary/aromatic N) is 1. The number of alkyl halides is 2. The molecule has 1 aliphatic rings. The van der Waals surface area contributed by atoms with Crippen molar-refractivity contribution in [2.24, 2.45) is 4.99 Å². The molecule has 66 valence electrons. The molecule has 3 nitrogen and oxygen atoms in total. The number of hydrogen-bond donors (Lipinski definition) is 1. The molecule has 1 heterocycles. The van der Waals surface area contributed by atoms with Crippen LogP contribution in [0, 0.1) is 0 Å². The van der Waals surface area contributed by atoms with Crippen LogP contribution in [0.2, 0.25) is 0 Å². The van der Waals surface area contributed by atoms with E-state index in [9.17, 15) is 9.18 Å². The van der Waals surface area contributed by atoms with Crippen LogP contribution in [0.1, 0.15) is 0 Å². The van der Waals surface area contributed by atoms with Crippen LogP contribution in [-0.2, 0) is 4.79 Å². The third kappa shape index (κ3) is 1.44. The molecule has 12 heavy (non-hydrogen) atoms. The summed E-state index contributed by atoms with van der Waals surface area (Å²) in [7, 11) is 0. The Labute approximate surface area is 77.5 Å². The predicted molar refractivity (Wildman–Crippen MR) is 43.5 cm³/mol. The fraction of sp³-hybridized carbons (Fsp3) is 0.333. The van der Waals surface area contributed by atoms with Crippen molar-refractivity contribution in [1.29, 1.82) is 0 Å². The van der Waals surface area contributed by atoms with Gasteiger partial charge in [0.15, 0.2) is 5.50 Å². The summed E-state index contributed by atoms with van der Waals surface area (Å²) in [5.41, 5.74) is -4.16. The standard InChI is InChI=1S/C6H4Cl2FNO2/c7-3-1-2-6(9,5(11)12)4(8)10-3/h1-2,4H,(H,11,12). The highest BCUT2D eigenvalue weighted by Gasteiger charge is 2.45. The van der Waals surface area contributed by atoms with E-state index in [-0.39, 0.29) is 5.17 Å². The van der Waals surface area contributed by atoms with E-state index >= 15 is 0 Å². The van der Waals surface area contributed by atoms with Crippen molar-refractivity contribution in [2.45, 2.75) is 11.2 Å². The number of dihydropyridines is 1. The Morgan fingerprint density at radius 1 is 1.83 bits per heavy atom. The van der Waals surface area contributed by atoms with Crippen LogP contribution in [0.25, 0.3) is 0 Å². The molecule has 0 aliphatic carbocycles. The lowest BCUT2D eigenvalue weighted by molar-refractivity contribution is -0.147. The number of aliphatic carboxylic acids is 1. The number of allylic oxidation sites excluding steroid dienone is 1. The van der Waals surface area contributed by atoms with E-state index in [2.05, 4.69) is 4.99 Å². The van der Waals surface area contributed by atoms with Gasteiger partial charge in [0.25, 0.3) is 5.67 Å². The molecule has 6 heteroatoms. The Kier molecular flexibility index (Phi) is 2.39. The molecule has 0 radical (unpaired) electrons. The number of hydrogen-bond acceptors (Lipinski definition) is 2. The maximum Gasteiger partial charge on any atom is 0.349 e. The molecule has 0 saturated heterocycles. The summed E-state index contributed by atoms with van der Waals surface area (Å²) in [4.78, 5) is 13.7. The van der Waals surface area contributed by atoms with Crippen molar-refractivity contribution in [2.75, 3.05) is 0 Å². The molecule has 0 aromatic rings. The summed E-state index contributed by atoms with van der Waals surface area (Å²) in [5, 5.41) is 8.42. The molecule has 0 aromatic heterocycles. The maximum absolute atomic E-state index is 13.3. The molecule has 1 rings (SSSR count). The Balaban J connectivity index is 2.99. The third-order valence-electron chi connectivity index (χ3n) is 1.37. The Morgan fingerprint density at radius 3 is 2.83 bits per heavy atom. The molecule has 0 saturated carbocycles. The molecule has 0 spiro atoms. The first-order valence-electron chi connectivity index (χ1n) is 2.96. The molecule has 0 amide bonds. The van der Waals surface area contributed by atoms with Gasteiger partial charge in [0.05, 0.1) is 0 Å². The van der Waals surface area contributed by atoms with Gasteiger partial charge >= 0.3 is 5.97 Å². The largest absolute Gasteiger partial charge is 0.479 e. The van der Waals surface area contributed by atoms with Crippen LogP contribution in [-0.4, -0.2) is 27.4 Å². The second-order valence-corrected chi connectivity index (χ2v) is 2.99. The average Bonchev–Trinajstić information content (AvgIpc) is 1.97. The summed E-state index contributed by atoms with van der Waals surface area (Å²) < 4.78 is 13.3. The monoisotopic (exact) mass is 211 g/mol. The smallest absolute Gasteiger partial charge is 0.349 e. The molecule has 2 atom stereocenters. The van der Waals surface area contributed by atoms with Gasteiger partial charge in [-0.3, -0.25) is 0 Å². The van der Waals surface area contributed by atoms with Gasteiger partial charge in [-0.1, -0.05) is 23.2 Å². The fourth-order valence-corrected chi connectivity index (χ4v) is 1.17. The third-order valence-corrected chi connectivity index (χ3v) is 2.01. The lowest BCUT2D eigenvalue weighted by Crippen LogP contribution is -2.41. The first kappa shape index (κ1) is 9.48. The van der Waals surface area contributed by atoms with E-state index in [0.717, 1.165) is 12.2 Å². The van der Waals surface area contributed by atoms with Crippen LogP contribution < -0.4 is 0 Å². The lowest BCUT2D eigenvalue weighted by Gasteiger charge is -2.21. The van der Waals surface area contributed by atoms with Crippen molar-refractivity contribution in [1.82, 2.24) is 0 Å². The van der Waals surface area contributed by atoms with Crippen LogP contribution in [0.15, 0.2) is 17.1 Å². The van der Waals surface area contributed by atoms with Crippen molar-refractivity contribution < 1.29 is 14.3 Å². The normalized spacial score (nSPS) is 34.6. The van der Waals surface area contributed by atoms with Crippen molar-refractivity contribution in [3.05, 3.63) is 12.2 Å². The van der Waals surface area contributed by atoms with Gasteiger partial charge in [0, 0.05) is 0 Å². The van der Waals surface area contributed by atoms with E-state index < -0.39 is 17.1 Å². The average molecular weight is 212 g/mol. The van der Waals surface area contributed by atoms with E-state index in [1.807, 2.05) is 0 Å². The van der Waals surface area contributed by atoms with Crippen molar-refractivity contribution in [3.63, 3.8) is 0 Å². The van der Waals surface area contributed by atoms with Crippen LogP contribution in [0.5, 0.6) is 0 Å². The Morgan fingerprint density at radius 2 is 2.42 bits per heavy atom. The second kappa shape index (κ2) is 3.03. The topological polar surface area (TPSA) is 49.7 Å². The number of carboxylic acid groups (broad SMARTS) is 1. The minimum Gasteiger partial charge on any atom is -0.479 e. The maximum atomic E-state index is 13.3. The Bertz CT molecular complexity index is 279. The Hall–Kier alpha value is -0.610. The van der Waals surface area contributed by atoms with E-state index in [0.29, 0.717) is 0 Å². The number of aliphatic imine (C=N–C) groups is 1. The predicted octanol–water partition coefficient (Wildman–Crippen LogP) is 1.55. The fourth-order valence-electron chi connectivity index (χ4n) is 0.688. The van der Waals surface area contributed by atoms with E-state index in [4.69, 9.17) is 28.3 Å². The van der Waals surface area contributed by atoms with Gasteiger partial charge in [-0.15, -0.1) is 0 Å². The van der Waals surface area contributed by atoms with Crippen molar-refractivity contribution in [3.8, 4) is 0 Å². The summed E-state index contributed by atoms with van der Waals surface area (Å²) >= 11 is 10.7. The van der Waals surface area contributed by atoms with Gasteiger partial charge in [0.1, 0.15) is 5.17 Å². The van der Waals surface area contributed by atoms with Gasteiger partial charge in [-0.25, -0.2) is 14.2 Å².